The van der Waals surface area contributed by atoms with Gasteiger partial charge < -0.3 is 24.8 Å². The molecule has 3 aromatic rings. The number of carbonyl (C=O) groups is 1. The molecule has 2 fully saturated rings. The van der Waals surface area contributed by atoms with Crippen LogP contribution in [0.5, 0.6) is 17.2 Å². The zero-order valence-electron chi connectivity index (χ0n) is 21.7. The van der Waals surface area contributed by atoms with Crippen LogP contribution in [0.1, 0.15) is 48.6 Å². The van der Waals surface area contributed by atoms with Gasteiger partial charge in [0.2, 0.25) is 0 Å². The van der Waals surface area contributed by atoms with Crippen LogP contribution in [0, 0.1) is 5.82 Å². The SMILES string of the molecule is COc1cc(OC)c2c(c1)OC1C2CC[C@@H]1c1cccc(F)c1.Clc1ccccc1.NC(=O)N1CCCC1. The molecule has 3 atom stereocenters. The maximum atomic E-state index is 13.6. The Hall–Kier alpha value is -3.45. The number of urea groups is 1. The molecule has 38 heavy (non-hydrogen) atoms. The number of ether oxygens (including phenoxy) is 3. The van der Waals surface area contributed by atoms with Crippen molar-refractivity contribution in [1.82, 2.24) is 4.90 Å². The van der Waals surface area contributed by atoms with E-state index in [4.69, 9.17) is 31.5 Å². The lowest BCUT2D eigenvalue weighted by molar-refractivity contribution is 0.203. The molecule has 8 heteroatoms. The van der Waals surface area contributed by atoms with Crippen molar-refractivity contribution in [2.24, 2.45) is 5.73 Å². The zero-order chi connectivity index (χ0) is 27.1. The topological polar surface area (TPSA) is 74.0 Å². The monoisotopic (exact) mass is 540 g/mol. The second-order valence-corrected chi connectivity index (χ2v) is 9.93. The van der Waals surface area contributed by atoms with Gasteiger partial charge in [-0.3, -0.25) is 0 Å². The van der Waals surface area contributed by atoms with E-state index in [1.807, 2.05) is 48.5 Å². The number of rotatable bonds is 3. The van der Waals surface area contributed by atoms with Crippen LogP contribution < -0.4 is 19.9 Å². The van der Waals surface area contributed by atoms with E-state index in [0.29, 0.717) is 5.92 Å². The number of primary amides is 1. The van der Waals surface area contributed by atoms with Gasteiger partial charge in [0.15, 0.2) is 0 Å². The van der Waals surface area contributed by atoms with Crippen LogP contribution in [-0.2, 0) is 0 Å². The first-order valence-electron chi connectivity index (χ1n) is 12.8. The molecule has 3 aromatic carbocycles. The molecular formula is C30H34ClFN2O4. The molecule has 2 amide bonds. The van der Waals surface area contributed by atoms with Crippen molar-refractivity contribution in [1.29, 1.82) is 0 Å². The summed E-state index contributed by atoms with van der Waals surface area (Å²) in [6.07, 6.45) is 4.27. The van der Waals surface area contributed by atoms with Crippen LogP contribution in [0.2, 0.25) is 5.02 Å². The average Bonchev–Trinajstić information content (AvgIpc) is 3.67. The average molecular weight is 541 g/mol. The Morgan fingerprint density at radius 3 is 2.24 bits per heavy atom. The van der Waals surface area contributed by atoms with Crippen LogP contribution in [0.3, 0.4) is 0 Å². The molecule has 1 saturated heterocycles. The Labute approximate surface area is 228 Å². The molecule has 1 aliphatic carbocycles. The van der Waals surface area contributed by atoms with E-state index >= 15 is 0 Å². The van der Waals surface area contributed by atoms with Gasteiger partial charge >= 0.3 is 6.03 Å². The molecule has 0 radical (unpaired) electrons. The molecule has 202 valence electrons. The highest BCUT2D eigenvalue weighted by Crippen LogP contribution is 2.56. The number of likely N-dealkylation sites (tertiary alicyclic amines) is 1. The minimum Gasteiger partial charge on any atom is -0.496 e. The van der Waals surface area contributed by atoms with Crippen LogP contribution >= 0.6 is 11.6 Å². The lowest BCUT2D eigenvalue weighted by Gasteiger charge is -2.19. The van der Waals surface area contributed by atoms with Gasteiger partial charge in [0.1, 0.15) is 29.2 Å². The van der Waals surface area contributed by atoms with Crippen molar-refractivity contribution in [3.63, 3.8) is 0 Å². The first-order valence-corrected chi connectivity index (χ1v) is 13.2. The molecule has 0 aromatic heterocycles. The Morgan fingerprint density at radius 2 is 1.68 bits per heavy atom. The van der Waals surface area contributed by atoms with Crippen molar-refractivity contribution in [3.8, 4) is 17.2 Å². The summed E-state index contributed by atoms with van der Waals surface area (Å²) in [6.45, 7) is 1.71. The summed E-state index contributed by atoms with van der Waals surface area (Å²) in [5, 5.41) is 0.794. The lowest BCUT2D eigenvalue weighted by Crippen LogP contribution is -2.32. The van der Waals surface area contributed by atoms with E-state index in [0.717, 1.165) is 72.2 Å². The number of hydrogen-bond acceptors (Lipinski definition) is 4. The number of nitrogens with zero attached hydrogens (tertiary/aromatic N) is 1. The standard InChI is InChI=1S/C19H19FO3.C6H5Cl.C5H10N2O/c1-21-13-9-16(22-2)18-15-7-6-14(19(15)23-17(18)10-13)11-4-3-5-12(20)8-11;7-6-4-2-1-3-5-6;6-5(8)7-3-1-2-4-7/h3-5,8-10,14-15,19H,6-7H2,1-2H3;1-5H;1-4H2,(H2,6,8)/t14-,15?,19?;;/m1../s1. The Kier molecular flexibility index (Phi) is 9.34. The Balaban J connectivity index is 0.000000183. The van der Waals surface area contributed by atoms with Gasteiger partial charge in [-0.15, -0.1) is 0 Å². The summed E-state index contributed by atoms with van der Waals surface area (Å²) < 4.78 is 30.7. The van der Waals surface area contributed by atoms with Gasteiger partial charge in [0.05, 0.1) is 14.2 Å². The normalized spacial score (nSPS) is 20.6. The second-order valence-electron chi connectivity index (χ2n) is 9.50. The van der Waals surface area contributed by atoms with Crippen molar-refractivity contribution < 1.29 is 23.4 Å². The maximum absolute atomic E-state index is 13.6. The zero-order valence-corrected chi connectivity index (χ0v) is 22.5. The first-order chi connectivity index (χ1) is 18.4. The van der Waals surface area contributed by atoms with E-state index in [1.54, 1.807) is 31.3 Å². The molecule has 2 aliphatic heterocycles. The minimum absolute atomic E-state index is 0.0350. The number of benzene rings is 3. The Morgan fingerprint density at radius 1 is 0.974 bits per heavy atom. The number of methoxy groups -OCH3 is 2. The first kappa shape index (κ1) is 27.6. The van der Waals surface area contributed by atoms with Gasteiger partial charge in [-0.25, -0.2) is 9.18 Å². The maximum Gasteiger partial charge on any atom is 0.314 e. The van der Waals surface area contributed by atoms with Gasteiger partial charge in [-0.05, 0) is 55.5 Å². The smallest absolute Gasteiger partial charge is 0.314 e. The quantitative estimate of drug-likeness (QED) is 0.398. The van der Waals surface area contributed by atoms with Gasteiger partial charge in [-0.2, -0.15) is 0 Å². The fraction of sp³-hybridized carbons (Fsp3) is 0.367. The van der Waals surface area contributed by atoms with E-state index in [2.05, 4.69) is 0 Å². The predicted octanol–water partition coefficient (Wildman–Crippen LogP) is 6.77. The molecule has 3 aliphatic rings. The van der Waals surface area contributed by atoms with E-state index in [9.17, 15) is 9.18 Å². The highest BCUT2D eigenvalue weighted by molar-refractivity contribution is 6.30. The van der Waals surface area contributed by atoms with Gasteiger partial charge in [0, 0.05) is 47.6 Å². The van der Waals surface area contributed by atoms with Gasteiger partial charge in [0.25, 0.3) is 0 Å². The van der Waals surface area contributed by atoms with Crippen molar-refractivity contribution >= 4 is 17.6 Å². The van der Waals surface area contributed by atoms with Crippen LogP contribution in [0.4, 0.5) is 9.18 Å². The summed E-state index contributed by atoms with van der Waals surface area (Å²) in [7, 11) is 3.30. The van der Waals surface area contributed by atoms with Crippen LogP contribution in [0.25, 0.3) is 0 Å². The number of carbonyl (C=O) groups excluding carboxylic acids is 1. The number of amides is 2. The van der Waals surface area contributed by atoms with Crippen molar-refractivity contribution in [2.75, 3.05) is 27.3 Å². The third kappa shape index (κ3) is 6.51. The molecule has 0 bridgehead atoms. The lowest BCUT2D eigenvalue weighted by atomic mass is 9.91. The summed E-state index contributed by atoms with van der Waals surface area (Å²) in [6, 6.07) is 19.8. The fourth-order valence-corrected chi connectivity index (χ4v) is 5.51. The summed E-state index contributed by atoms with van der Waals surface area (Å²) in [4.78, 5) is 12.0. The molecule has 6 nitrogen and oxygen atoms in total. The van der Waals surface area contributed by atoms with Crippen LogP contribution in [0.15, 0.2) is 66.7 Å². The van der Waals surface area contributed by atoms with Crippen LogP contribution in [-0.4, -0.2) is 44.3 Å². The van der Waals surface area contributed by atoms with E-state index in [-0.39, 0.29) is 23.9 Å². The molecule has 1 saturated carbocycles. The van der Waals surface area contributed by atoms with Crippen molar-refractivity contribution in [2.45, 2.75) is 43.6 Å². The fourth-order valence-electron chi connectivity index (χ4n) is 5.36. The van der Waals surface area contributed by atoms with E-state index < -0.39 is 0 Å². The van der Waals surface area contributed by atoms with E-state index in [1.165, 1.54) is 6.07 Å². The summed E-state index contributed by atoms with van der Waals surface area (Å²) >= 11 is 5.54. The van der Waals surface area contributed by atoms with Crippen molar-refractivity contribution in [3.05, 3.63) is 88.7 Å². The molecule has 2 N–H and O–H groups in total. The third-order valence-electron chi connectivity index (χ3n) is 7.18. The predicted molar refractivity (Wildman–Crippen MR) is 147 cm³/mol. The molecule has 2 heterocycles. The second kappa shape index (κ2) is 12.9. The minimum atomic E-state index is -0.275. The summed E-state index contributed by atoms with van der Waals surface area (Å²) in [5.41, 5.74) is 7.12. The molecular weight excluding hydrogens is 507 g/mol. The van der Waals surface area contributed by atoms with Gasteiger partial charge in [-0.1, -0.05) is 41.9 Å². The largest absolute Gasteiger partial charge is 0.496 e. The summed E-state index contributed by atoms with van der Waals surface area (Å²) in [5.74, 6) is 2.67. The Bertz CT molecular complexity index is 1220. The molecule has 0 spiro atoms. The molecule has 6 rings (SSSR count). The number of hydrogen-bond donors (Lipinski definition) is 1. The number of fused-ring (bicyclic) bond motifs is 3. The number of halogens is 2. The molecule has 2 unspecified atom stereocenters. The third-order valence-corrected chi connectivity index (χ3v) is 7.43. The highest BCUT2D eigenvalue weighted by atomic mass is 35.5. The highest BCUT2D eigenvalue weighted by Gasteiger charge is 2.47. The number of nitrogens with two attached hydrogens (primary N) is 1.